The quantitative estimate of drug-likeness (QED) is 0.403. The number of aromatic amines is 1. The first-order valence-electron chi connectivity index (χ1n) is 9.41. The van der Waals surface area contributed by atoms with E-state index in [4.69, 9.17) is 0 Å². The van der Waals surface area contributed by atoms with Gasteiger partial charge in [0.2, 0.25) is 5.91 Å². The van der Waals surface area contributed by atoms with Crippen molar-refractivity contribution in [1.29, 1.82) is 0 Å². The van der Waals surface area contributed by atoms with Crippen LogP contribution < -0.4 is 10.6 Å². The van der Waals surface area contributed by atoms with Crippen molar-refractivity contribution in [3.8, 4) is 0 Å². The van der Waals surface area contributed by atoms with Crippen LogP contribution in [0.15, 0.2) is 85.1 Å². The minimum absolute atomic E-state index is 0.0143. The van der Waals surface area contributed by atoms with Crippen molar-refractivity contribution in [2.45, 2.75) is 13.0 Å². The summed E-state index contributed by atoms with van der Waals surface area (Å²) < 4.78 is 0. The maximum absolute atomic E-state index is 13.5. The number of carbonyl (C=O) groups is 2. The smallest absolute Gasteiger partial charge is 0.221 e. The number of anilines is 2. The lowest BCUT2D eigenvalue weighted by Crippen LogP contribution is -2.21. The number of carbonyl (C=O) groups excluding carboxylic acids is 2. The Kier molecular flexibility index (Phi) is 5.12. The van der Waals surface area contributed by atoms with Crippen LogP contribution in [0, 0.1) is 0 Å². The van der Waals surface area contributed by atoms with Gasteiger partial charge in [0.25, 0.3) is 0 Å². The molecule has 1 amide bonds. The number of Topliss-reactive ketones (excluding diaryl/α,β-unsaturated/α-hetero) is 1. The zero-order valence-corrected chi connectivity index (χ0v) is 16.0. The highest BCUT2D eigenvalue weighted by Gasteiger charge is 2.24. The van der Waals surface area contributed by atoms with E-state index in [1.54, 1.807) is 6.20 Å². The number of benzene rings is 3. The molecule has 0 aliphatic carbocycles. The number of nitrogens with one attached hydrogen (secondary N) is 3. The molecule has 144 valence electrons. The van der Waals surface area contributed by atoms with Crippen LogP contribution in [0.3, 0.4) is 0 Å². The van der Waals surface area contributed by atoms with Crippen LogP contribution in [0.4, 0.5) is 11.4 Å². The standard InChI is InChI=1S/C24H21N3O2/c1-16(28)26-18-11-13-19(14-12-18)27-23(17-7-3-2-4-8-17)24(29)21-15-25-22-10-6-5-9-20(21)22/h2-15,23,25,27H,1H3,(H,26,28)/t23-/m0/s1. The van der Waals surface area contributed by atoms with Crippen LogP contribution in [-0.4, -0.2) is 16.7 Å². The number of hydrogen-bond acceptors (Lipinski definition) is 3. The van der Waals surface area contributed by atoms with Crippen LogP contribution in [-0.2, 0) is 4.79 Å². The minimum atomic E-state index is -0.540. The van der Waals surface area contributed by atoms with Crippen molar-refractivity contribution in [2.75, 3.05) is 10.6 Å². The van der Waals surface area contributed by atoms with Crippen molar-refractivity contribution >= 4 is 34.0 Å². The Morgan fingerprint density at radius 1 is 0.828 bits per heavy atom. The van der Waals surface area contributed by atoms with E-state index in [1.165, 1.54) is 6.92 Å². The topological polar surface area (TPSA) is 74.0 Å². The summed E-state index contributed by atoms with van der Waals surface area (Å²) in [7, 11) is 0. The van der Waals surface area contributed by atoms with Gasteiger partial charge in [-0.2, -0.15) is 0 Å². The molecule has 5 heteroatoms. The second-order valence-corrected chi connectivity index (χ2v) is 6.86. The molecule has 0 bridgehead atoms. The van der Waals surface area contributed by atoms with Gasteiger partial charge in [-0.15, -0.1) is 0 Å². The normalized spacial score (nSPS) is 11.8. The highest BCUT2D eigenvalue weighted by Crippen LogP contribution is 2.28. The Labute approximate surface area is 168 Å². The molecular formula is C24H21N3O2. The van der Waals surface area contributed by atoms with E-state index >= 15 is 0 Å². The number of fused-ring (bicyclic) bond motifs is 1. The number of hydrogen-bond donors (Lipinski definition) is 3. The van der Waals surface area contributed by atoms with Crippen molar-refractivity contribution in [3.05, 3.63) is 96.2 Å². The number of amides is 1. The Morgan fingerprint density at radius 3 is 2.21 bits per heavy atom. The number of aromatic nitrogens is 1. The SMILES string of the molecule is CC(=O)Nc1ccc(N[C@H](C(=O)c2c[nH]c3ccccc23)c2ccccc2)cc1. The average molecular weight is 383 g/mol. The first kappa shape index (κ1) is 18.5. The second-order valence-electron chi connectivity index (χ2n) is 6.86. The van der Waals surface area contributed by atoms with Gasteiger partial charge < -0.3 is 15.6 Å². The van der Waals surface area contributed by atoms with Crippen LogP contribution in [0.5, 0.6) is 0 Å². The molecule has 3 aromatic carbocycles. The molecule has 0 radical (unpaired) electrons. The average Bonchev–Trinajstić information content (AvgIpc) is 3.17. The summed E-state index contributed by atoms with van der Waals surface area (Å²) in [5.74, 6) is -0.137. The summed E-state index contributed by atoms with van der Waals surface area (Å²) >= 11 is 0. The van der Waals surface area contributed by atoms with E-state index in [-0.39, 0.29) is 11.7 Å². The predicted molar refractivity (Wildman–Crippen MR) is 116 cm³/mol. The number of H-pyrrole nitrogens is 1. The molecule has 5 nitrogen and oxygen atoms in total. The van der Waals surface area contributed by atoms with Crippen LogP contribution in [0.2, 0.25) is 0 Å². The van der Waals surface area contributed by atoms with E-state index < -0.39 is 6.04 Å². The van der Waals surface area contributed by atoms with Crippen molar-refractivity contribution in [2.24, 2.45) is 0 Å². The molecule has 0 unspecified atom stereocenters. The van der Waals surface area contributed by atoms with Gasteiger partial charge in [0.15, 0.2) is 5.78 Å². The second kappa shape index (κ2) is 8.02. The highest BCUT2D eigenvalue weighted by atomic mass is 16.1. The number of rotatable bonds is 6. The molecule has 1 heterocycles. The molecule has 4 aromatic rings. The van der Waals surface area contributed by atoms with Gasteiger partial charge in [0, 0.05) is 41.0 Å². The molecule has 1 atom stereocenters. The third-order valence-corrected chi connectivity index (χ3v) is 4.77. The van der Waals surface area contributed by atoms with Crippen molar-refractivity contribution in [3.63, 3.8) is 0 Å². The van der Waals surface area contributed by atoms with E-state index in [9.17, 15) is 9.59 Å². The maximum Gasteiger partial charge on any atom is 0.221 e. The summed E-state index contributed by atoms with van der Waals surface area (Å²) in [6, 6.07) is 24.2. The molecule has 0 saturated heterocycles. The van der Waals surface area contributed by atoms with Gasteiger partial charge in [0.1, 0.15) is 6.04 Å². The molecular weight excluding hydrogens is 362 g/mol. The fourth-order valence-electron chi connectivity index (χ4n) is 3.40. The Bertz CT molecular complexity index is 1150. The third-order valence-electron chi connectivity index (χ3n) is 4.77. The van der Waals surface area contributed by atoms with Gasteiger partial charge in [-0.3, -0.25) is 9.59 Å². The summed E-state index contributed by atoms with van der Waals surface area (Å²) in [6.07, 6.45) is 1.77. The van der Waals surface area contributed by atoms with Crippen LogP contribution in [0.25, 0.3) is 10.9 Å². The van der Waals surface area contributed by atoms with E-state index in [0.717, 1.165) is 22.2 Å². The van der Waals surface area contributed by atoms with Gasteiger partial charge in [-0.25, -0.2) is 0 Å². The molecule has 0 spiro atoms. The largest absolute Gasteiger partial charge is 0.371 e. The lowest BCUT2D eigenvalue weighted by molar-refractivity contribution is -0.114. The molecule has 0 saturated carbocycles. The van der Waals surface area contributed by atoms with Crippen molar-refractivity contribution < 1.29 is 9.59 Å². The zero-order valence-electron chi connectivity index (χ0n) is 16.0. The summed E-state index contributed by atoms with van der Waals surface area (Å²) in [5, 5.41) is 7.00. The molecule has 3 N–H and O–H groups in total. The van der Waals surface area contributed by atoms with Crippen LogP contribution in [0.1, 0.15) is 28.9 Å². The molecule has 0 fully saturated rings. The van der Waals surface area contributed by atoms with Crippen molar-refractivity contribution in [1.82, 2.24) is 4.98 Å². The first-order valence-corrected chi connectivity index (χ1v) is 9.41. The first-order chi connectivity index (χ1) is 14.1. The summed E-state index contributed by atoms with van der Waals surface area (Å²) in [6.45, 7) is 1.47. The molecule has 29 heavy (non-hydrogen) atoms. The minimum Gasteiger partial charge on any atom is -0.371 e. The van der Waals surface area contributed by atoms with Crippen LogP contribution >= 0.6 is 0 Å². The molecule has 1 aromatic heterocycles. The molecule has 0 aliphatic heterocycles. The lowest BCUT2D eigenvalue weighted by atomic mass is 9.96. The molecule has 4 rings (SSSR count). The third kappa shape index (κ3) is 4.04. The Hall–Kier alpha value is -3.86. The predicted octanol–water partition coefficient (Wildman–Crippen LogP) is 5.16. The van der Waals surface area contributed by atoms with E-state index in [1.807, 2.05) is 78.9 Å². The number of para-hydroxylation sites is 1. The highest BCUT2D eigenvalue weighted by molar-refractivity contribution is 6.11. The van der Waals surface area contributed by atoms with Gasteiger partial charge in [0.05, 0.1) is 0 Å². The van der Waals surface area contributed by atoms with E-state index in [0.29, 0.717) is 11.3 Å². The Morgan fingerprint density at radius 2 is 1.48 bits per heavy atom. The Balaban J connectivity index is 1.67. The van der Waals surface area contributed by atoms with Gasteiger partial charge in [-0.05, 0) is 35.9 Å². The number of ketones is 1. The molecule has 0 aliphatic rings. The summed E-state index contributed by atoms with van der Waals surface area (Å²) in [5.41, 5.74) is 3.97. The maximum atomic E-state index is 13.5. The fourth-order valence-corrected chi connectivity index (χ4v) is 3.40. The van der Waals surface area contributed by atoms with Gasteiger partial charge >= 0.3 is 0 Å². The van der Waals surface area contributed by atoms with Gasteiger partial charge in [-0.1, -0.05) is 48.5 Å². The monoisotopic (exact) mass is 383 g/mol. The van der Waals surface area contributed by atoms with E-state index in [2.05, 4.69) is 15.6 Å². The summed E-state index contributed by atoms with van der Waals surface area (Å²) in [4.78, 5) is 27.9. The zero-order chi connectivity index (χ0) is 20.2. The lowest BCUT2D eigenvalue weighted by Gasteiger charge is -2.19. The fraction of sp³-hybridized carbons (Fsp3) is 0.0833.